The molecule has 0 atom stereocenters. The lowest BCUT2D eigenvalue weighted by Crippen LogP contribution is -2.27. The third-order valence-corrected chi connectivity index (χ3v) is 4.48. The minimum absolute atomic E-state index is 0.163. The van der Waals surface area contributed by atoms with Crippen LogP contribution < -0.4 is 0 Å². The van der Waals surface area contributed by atoms with Gasteiger partial charge in [0.1, 0.15) is 5.82 Å². The predicted octanol–water partition coefficient (Wildman–Crippen LogP) is 4.72. The second-order valence-corrected chi connectivity index (χ2v) is 6.35. The molecule has 0 saturated carbocycles. The van der Waals surface area contributed by atoms with Crippen molar-refractivity contribution in [1.82, 2.24) is 4.90 Å². The van der Waals surface area contributed by atoms with Gasteiger partial charge in [0.05, 0.1) is 11.4 Å². The van der Waals surface area contributed by atoms with E-state index >= 15 is 0 Å². The smallest absolute Gasteiger partial charge is 0.268 e. The van der Waals surface area contributed by atoms with Crippen LogP contribution in [-0.4, -0.2) is 16.0 Å². The Labute approximate surface area is 141 Å². The number of hydrogen-bond acceptors (Lipinski definition) is 3. The van der Waals surface area contributed by atoms with Gasteiger partial charge in [0.2, 0.25) is 0 Å². The first kappa shape index (κ1) is 15.8. The molecule has 6 heteroatoms. The van der Waals surface area contributed by atoms with Crippen LogP contribution in [0.5, 0.6) is 0 Å². The minimum Gasteiger partial charge on any atom is -0.268 e. The summed E-state index contributed by atoms with van der Waals surface area (Å²) in [7, 11) is 0. The highest BCUT2D eigenvalue weighted by atomic mass is 35.5. The Bertz CT molecular complexity index is 804. The summed E-state index contributed by atoms with van der Waals surface area (Å²) in [5.41, 5.74) is 1.08. The van der Waals surface area contributed by atoms with Crippen LogP contribution in [0.2, 0.25) is 5.02 Å². The highest BCUT2D eigenvalue weighted by Crippen LogP contribution is 2.33. The molecule has 0 radical (unpaired) electrons. The molecule has 1 aliphatic rings. The van der Waals surface area contributed by atoms with Gasteiger partial charge >= 0.3 is 0 Å². The molecule has 1 saturated heterocycles. The largest absolute Gasteiger partial charge is 0.293 e. The first-order valence-electron chi connectivity index (χ1n) is 6.79. The van der Waals surface area contributed by atoms with Crippen LogP contribution in [0.1, 0.15) is 11.1 Å². The highest BCUT2D eigenvalue weighted by molar-refractivity contribution is 8.18. The summed E-state index contributed by atoms with van der Waals surface area (Å²) < 4.78 is 13.7. The van der Waals surface area contributed by atoms with Gasteiger partial charge < -0.3 is 0 Å². The van der Waals surface area contributed by atoms with Gasteiger partial charge in [0.25, 0.3) is 11.1 Å². The molecule has 0 N–H and O–H groups in total. The van der Waals surface area contributed by atoms with Crippen molar-refractivity contribution < 1.29 is 14.0 Å². The number of thioether (sulfide) groups is 1. The van der Waals surface area contributed by atoms with Crippen LogP contribution in [0.25, 0.3) is 6.08 Å². The van der Waals surface area contributed by atoms with Gasteiger partial charge in [0.15, 0.2) is 0 Å². The maximum atomic E-state index is 13.7. The van der Waals surface area contributed by atoms with E-state index in [-0.39, 0.29) is 22.3 Å². The Hall–Kier alpha value is -2.11. The van der Waals surface area contributed by atoms with Gasteiger partial charge in [-0.15, -0.1) is 0 Å². The van der Waals surface area contributed by atoms with Gasteiger partial charge in [-0.25, -0.2) is 4.39 Å². The SMILES string of the molecule is O=C1S/C(=C/c2ccccc2F)C(=O)N1Cc1ccc(Cl)cc1. The molecule has 2 aromatic rings. The van der Waals surface area contributed by atoms with Gasteiger partial charge in [-0.1, -0.05) is 41.9 Å². The van der Waals surface area contributed by atoms with Crippen molar-refractivity contribution in [1.29, 1.82) is 0 Å². The summed E-state index contributed by atoms with van der Waals surface area (Å²) in [4.78, 5) is 25.8. The number of hydrogen-bond donors (Lipinski definition) is 0. The van der Waals surface area contributed by atoms with Gasteiger partial charge in [-0.3, -0.25) is 14.5 Å². The van der Waals surface area contributed by atoms with Gasteiger partial charge in [-0.05, 0) is 41.6 Å². The maximum Gasteiger partial charge on any atom is 0.293 e. The number of carbonyl (C=O) groups excluding carboxylic acids is 2. The summed E-state index contributed by atoms with van der Waals surface area (Å²) in [6.45, 7) is 0.163. The molecule has 0 spiro atoms. The molecule has 2 amide bonds. The number of imide groups is 1. The molecule has 116 valence electrons. The number of benzene rings is 2. The monoisotopic (exact) mass is 347 g/mol. The Morgan fingerprint density at radius 3 is 2.48 bits per heavy atom. The van der Waals surface area contributed by atoms with E-state index in [2.05, 4.69) is 0 Å². The molecule has 1 fully saturated rings. The van der Waals surface area contributed by atoms with Crippen LogP contribution in [0, 0.1) is 5.82 Å². The fourth-order valence-electron chi connectivity index (χ4n) is 2.14. The number of halogens is 2. The van der Waals surface area contributed by atoms with Crippen LogP contribution in [0.4, 0.5) is 9.18 Å². The van der Waals surface area contributed by atoms with E-state index in [1.165, 1.54) is 12.1 Å². The van der Waals surface area contributed by atoms with Crippen molar-refractivity contribution in [2.45, 2.75) is 6.54 Å². The van der Waals surface area contributed by atoms with E-state index in [0.29, 0.717) is 5.02 Å². The molecular weight excluding hydrogens is 337 g/mol. The minimum atomic E-state index is -0.433. The Kier molecular flexibility index (Phi) is 4.50. The lowest BCUT2D eigenvalue weighted by Gasteiger charge is -2.12. The molecule has 2 aromatic carbocycles. The highest BCUT2D eigenvalue weighted by Gasteiger charge is 2.35. The number of rotatable bonds is 3. The number of nitrogens with zero attached hydrogens (tertiary/aromatic N) is 1. The molecule has 0 unspecified atom stereocenters. The van der Waals surface area contributed by atoms with E-state index in [1.807, 2.05) is 0 Å². The second kappa shape index (κ2) is 6.56. The normalized spacial score (nSPS) is 16.4. The van der Waals surface area contributed by atoms with Gasteiger partial charge in [0, 0.05) is 10.6 Å². The Balaban J connectivity index is 1.82. The molecule has 1 aliphatic heterocycles. The summed E-state index contributed by atoms with van der Waals surface area (Å²) >= 11 is 6.63. The summed E-state index contributed by atoms with van der Waals surface area (Å²) in [5.74, 6) is -0.852. The van der Waals surface area contributed by atoms with Crippen LogP contribution in [0.15, 0.2) is 53.4 Å². The van der Waals surface area contributed by atoms with E-state index < -0.39 is 11.7 Å². The molecule has 0 bridgehead atoms. The lowest BCUT2D eigenvalue weighted by molar-refractivity contribution is -0.123. The third-order valence-electron chi connectivity index (χ3n) is 3.32. The molecule has 3 nitrogen and oxygen atoms in total. The molecular formula is C17H11ClFNO2S. The first-order valence-corrected chi connectivity index (χ1v) is 7.98. The molecule has 3 rings (SSSR count). The predicted molar refractivity (Wildman–Crippen MR) is 89.4 cm³/mol. The average Bonchev–Trinajstić information content (AvgIpc) is 2.79. The maximum absolute atomic E-state index is 13.7. The van der Waals surface area contributed by atoms with Gasteiger partial charge in [-0.2, -0.15) is 0 Å². The van der Waals surface area contributed by atoms with Crippen molar-refractivity contribution in [3.05, 3.63) is 75.4 Å². The Morgan fingerprint density at radius 2 is 1.78 bits per heavy atom. The first-order chi connectivity index (χ1) is 11.0. The van der Waals surface area contributed by atoms with E-state index in [4.69, 9.17) is 11.6 Å². The van der Waals surface area contributed by atoms with Crippen molar-refractivity contribution >= 4 is 40.6 Å². The van der Waals surface area contributed by atoms with E-state index in [0.717, 1.165) is 22.2 Å². The zero-order valence-electron chi connectivity index (χ0n) is 11.8. The quantitative estimate of drug-likeness (QED) is 0.754. The topological polar surface area (TPSA) is 37.4 Å². The van der Waals surface area contributed by atoms with E-state index in [9.17, 15) is 14.0 Å². The van der Waals surface area contributed by atoms with E-state index in [1.54, 1.807) is 42.5 Å². The zero-order chi connectivity index (χ0) is 16.4. The lowest BCUT2D eigenvalue weighted by atomic mass is 10.2. The zero-order valence-corrected chi connectivity index (χ0v) is 13.4. The fourth-order valence-corrected chi connectivity index (χ4v) is 3.10. The van der Waals surface area contributed by atoms with Crippen molar-refractivity contribution in [2.24, 2.45) is 0 Å². The molecule has 23 heavy (non-hydrogen) atoms. The third kappa shape index (κ3) is 3.46. The summed E-state index contributed by atoms with van der Waals surface area (Å²) in [6, 6.07) is 13.0. The molecule has 0 aromatic heterocycles. The van der Waals surface area contributed by atoms with Crippen LogP contribution >= 0.6 is 23.4 Å². The fraction of sp³-hybridized carbons (Fsp3) is 0.0588. The van der Waals surface area contributed by atoms with Crippen molar-refractivity contribution in [3.63, 3.8) is 0 Å². The molecule has 1 heterocycles. The summed E-state index contributed by atoms with van der Waals surface area (Å²) in [6.07, 6.45) is 1.40. The van der Waals surface area contributed by atoms with Crippen molar-refractivity contribution in [3.8, 4) is 0 Å². The van der Waals surface area contributed by atoms with Crippen LogP contribution in [-0.2, 0) is 11.3 Å². The van der Waals surface area contributed by atoms with Crippen molar-refractivity contribution in [2.75, 3.05) is 0 Å². The molecule has 0 aliphatic carbocycles. The number of carbonyl (C=O) groups is 2. The summed E-state index contributed by atoms with van der Waals surface area (Å²) in [5, 5.41) is 0.217. The Morgan fingerprint density at radius 1 is 1.09 bits per heavy atom. The van der Waals surface area contributed by atoms with Crippen LogP contribution in [0.3, 0.4) is 0 Å². The standard InChI is InChI=1S/C17H11ClFNO2S/c18-13-7-5-11(6-8-13)10-20-16(21)15(23-17(20)22)9-12-3-1-2-4-14(12)19/h1-9H,10H2/b15-9+. The average molecular weight is 348 g/mol. The second-order valence-electron chi connectivity index (χ2n) is 4.92. The number of amides is 2.